The Kier molecular flexibility index (Phi) is 12.2. The van der Waals surface area contributed by atoms with E-state index in [1.165, 1.54) is 77.0 Å². The second-order valence-electron chi connectivity index (χ2n) is 16.7. The molecule has 4 fully saturated rings. The quantitative estimate of drug-likeness (QED) is 0.0698. The van der Waals surface area contributed by atoms with Crippen LogP contribution in [0.4, 0.5) is 46.7 Å². The summed E-state index contributed by atoms with van der Waals surface area (Å²) in [7, 11) is 0. The van der Waals surface area contributed by atoms with E-state index in [0.717, 1.165) is 74.5 Å². The first-order chi connectivity index (χ1) is 29.9. The van der Waals surface area contributed by atoms with Crippen LogP contribution in [0.15, 0.2) is 55.0 Å². The molecular formula is C45H56N12O4. The lowest BCUT2D eigenvalue weighted by atomic mass is 9.93. The monoisotopic (exact) mass is 828 g/mol. The van der Waals surface area contributed by atoms with Gasteiger partial charge in [-0.3, -0.25) is 0 Å². The molecule has 5 aromatic rings. The summed E-state index contributed by atoms with van der Waals surface area (Å²) in [5, 5.41) is 20.3. The van der Waals surface area contributed by atoms with E-state index in [9.17, 15) is 0 Å². The van der Waals surface area contributed by atoms with Gasteiger partial charge in [-0.2, -0.15) is 15.0 Å². The Labute approximate surface area is 356 Å². The lowest BCUT2D eigenvalue weighted by Crippen LogP contribution is -2.30. The highest BCUT2D eigenvalue weighted by molar-refractivity contribution is 5.64. The Balaban J connectivity index is 0.000000118. The van der Waals surface area contributed by atoms with E-state index >= 15 is 0 Å². The predicted octanol–water partition coefficient (Wildman–Crippen LogP) is 9.16. The maximum absolute atomic E-state index is 5.40. The largest absolute Gasteiger partial charge is 0.454 e. The van der Waals surface area contributed by atoms with Crippen LogP contribution in [0.3, 0.4) is 0 Å². The van der Waals surface area contributed by atoms with Crippen LogP contribution in [0.25, 0.3) is 0 Å². The van der Waals surface area contributed by atoms with Crippen molar-refractivity contribution in [3.05, 3.63) is 71.7 Å². The number of rotatable bonds is 12. The SMILES string of the molecule is Cc1cnc(NC2CCC2)nc1NC1CCC1.Cc1cnc(NC2CCC2)nc1Nc1ccc2c(c1)OCO2.Cc1cnc(Nc2ccc3c(c2)OCO3)nc1NC1CCC1. The van der Waals surface area contributed by atoms with Crippen molar-refractivity contribution in [1.82, 2.24) is 29.9 Å². The summed E-state index contributed by atoms with van der Waals surface area (Å²) in [5.41, 5.74) is 4.99. The Morgan fingerprint density at radius 1 is 0.426 bits per heavy atom. The Bertz CT molecular complexity index is 2300. The molecule has 3 aromatic heterocycles. The van der Waals surface area contributed by atoms with Gasteiger partial charge < -0.3 is 50.8 Å². The smallest absolute Gasteiger partial charge is 0.231 e. The van der Waals surface area contributed by atoms with Crippen molar-refractivity contribution in [3.63, 3.8) is 0 Å². The highest BCUT2D eigenvalue weighted by Crippen LogP contribution is 2.37. The number of ether oxygens (including phenoxy) is 4. The van der Waals surface area contributed by atoms with E-state index in [2.05, 4.69) is 68.7 Å². The lowest BCUT2D eigenvalue weighted by Gasteiger charge is -2.29. The van der Waals surface area contributed by atoms with Crippen molar-refractivity contribution in [3.8, 4) is 23.0 Å². The van der Waals surface area contributed by atoms with E-state index in [1.54, 1.807) is 0 Å². The lowest BCUT2D eigenvalue weighted by molar-refractivity contribution is 0.173. The number of anilines is 8. The van der Waals surface area contributed by atoms with Gasteiger partial charge in [0.05, 0.1) is 0 Å². The third-order valence-electron chi connectivity index (χ3n) is 11.9. The van der Waals surface area contributed by atoms with Crippen molar-refractivity contribution < 1.29 is 18.9 Å². The van der Waals surface area contributed by atoms with E-state index in [-0.39, 0.29) is 13.6 Å². The van der Waals surface area contributed by atoms with E-state index < -0.39 is 0 Å². The fraction of sp³-hybridized carbons (Fsp3) is 0.467. The molecule has 4 aliphatic carbocycles. The van der Waals surface area contributed by atoms with Gasteiger partial charge in [0.15, 0.2) is 23.0 Å². The Morgan fingerprint density at radius 3 is 1.26 bits per heavy atom. The number of benzene rings is 2. The van der Waals surface area contributed by atoms with Crippen LogP contribution in [0.2, 0.25) is 0 Å². The number of aryl methyl sites for hydroxylation is 3. The average molecular weight is 829 g/mol. The van der Waals surface area contributed by atoms with Gasteiger partial charge in [-0.1, -0.05) is 0 Å². The van der Waals surface area contributed by atoms with Gasteiger partial charge in [0.1, 0.15) is 17.5 Å². The molecule has 61 heavy (non-hydrogen) atoms. The Morgan fingerprint density at radius 2 is 0.803 bits per heavy atom. The zero-order chi connectivity index (χ0) is 41.5. The predicted molar refractivity (Wildman–Crippen MR) is 237 cm³/mol. The number of hydrogen-bond acceptors (Lipinski definition) is 16. The highest BCUT2D eigenvalue weighted by Gasteiger charge is 2.23. The summed E-state index contributed by atoms with van der Waals surface area (Å²) >= 11 is 0. The molecule has 0 amide bonds. The van der Waals surface area contributed by atoms with Gasteiger partial charge in [-0.05, 0) is 122 Å². The topological polar surface area (TPSA) is 186 Å². The first-order valence-corrected chi connectivity index (χ1v) is 21.8. The standard InChI is InChI=1S/2C16H18N4O2.C13H20N4/c1-10-8-17-16(19-11-3-2-4-11)20-15(10)18-12-5-6-13-14(7-12)22-9-21-13;1-10-8-17-16(20-15(10)18-11-3-2-4-11)19-12-5-6-13-14(7-12)22-9-21-13;1-9-8-14-13(16-11-6-3-7-11)17-12(9)15-10-4-2-5-10/h2*5-8,11H,2-4,9H2,1H3,(H2,17,18,19,20);8,10-11H,2-7H2,1H3,(H2,14,15,16,17). The van der Waals surface area contributed by atoms with Crippen LogP contribution >= 0.6 is 0 Å². The van der Waals surface area contributed by atoms with Crippen LogP contribution in [0.5, 0.6) is 23.0 Å². The minimum Gasteiger partial charge on any atom is -0.454 e. The second-order valence-corrected chi connectivity index (χ2v) is 16.7. The first kappa shape index (κ1) is 40.1. The van der Waals surface area contributed by atoms with Crippen molar-refractivity contribution in [2.45, 2.75) is 122 Å². The molecule has 320 valence electrons. The maximum atomic E-state index is 5.40. The molecule has 0 bridgehead atoms. The van der Waals surface area contributed by atoms with Crippen LogP contribution in [-0.4, -0.2) is 67.7 Å². The van der Waals surface area contributed by atoms with Gasteiger partial charge >= 0.3 is 0 Å². The minimum absolute atomic E-state index is 0.273. The highest BCUT2D eigenvalue weighted by atomic mass is 16.7. The van der Waals surface area contributed by atoms with Crippen molar-refractivity contribution in [2.75, 3.05) is 45.5 Å². The molecule has 6 N–H and O–H groups in total. The van der Waals surface area contributed by atoms with Gasteiger partial charge in [0, 0.05) is 83.0 Å². The fourth-order valence-electron chi connectivity index (χ4n) is 7.12. The molecule has 2 aromatic carbocycles. The number of nitrogens with one attached hydrogen (secondary N) is 6. The third-order valence-corrected chi connectivity index (χ3v) is 11.9. The summed E-state index contributed by atoms with van der Waals surface area (Å²) in [6.45, 7) is 6.62. The number of nitrogens with zero attached hydrogens (tertiary/aromatic N) is 6. The van der Waals surface area contributed by atoms with Crippen molar-refractivity contribution in [2.24, 2.45) is 0 Å². The minimum atomic E-state index is 0.273. The van der Waals surface area contributed by atoms with E-state index in [4.69, 9.17) is 18.9 Å². The van der Waals surface area contributed by atoms with E-state index in [0.29, 0.717) is 36.1 Å². The zero-order valence-electron chi connectivity index (χ0n) is 35.2. The molecule has 0 spiro atoms. The number of hydrogen-bond donors (Lipinski definition) is 6. The molecule has 0 atom stereocenters. The molecule has 0 radical (unpaired) electrons. The number of aromatic nitrogens is 6. The van der Waals surface area contributed by atoms with Crippen LogP contribution in [0, 0.1) is 20.8 Å². The van der Waals surface area contributed by atoms with Gasteiger partial charge in [0.25, 0.3) is 0 Å². The zero-order valence-corrected chi connectivity index (χ0v) is 35.2. The summed E-state index contributed by atoms with van der Waals surface area (Å²) in [6.07, 6.45) is 20.7. The van der Waals surface area contributed by atoms with Crippen LogP contribution in [0.1, 0.15) is 93.7 Å². The molecule has 16 heteroatoms. The summed E-state index contributed by atoms with van der Waals surface area (Å²) in [5.74, 6) is 7.78. The first-order valence-electron chi connectivity index (χ1n) is 21.8. The molecule has 0 saturated heterocycles. The van der Waals surface area contributed by atoms with Crippen molar-refractivity contribution in [1.29, 1.82) is 0 Å². The van der Waals surface area contributed by atoms with Gasteiger partial charge in [-0.25, -0.2) is 15.0 Å². The molecule has 16 nitrogen and oxygen atoms in total. The van der Waals surface area contributed by atoms with Crippen molar-refractivity contribution >= 4 is 46.7 Å². The van der Waals surface area contributed by atoms with Crippen LogP contribution < -0.4 is 50.8 Å². The molecule has 5 heterocycles. The van der Waals surface area contributed by atoms with Gasteiger partial charge in [0.2, 0.25) is 31.4 Å². The normalized spacial score (nSPS) is 17.4. The fourth-order valence-corrected chi connectivity index (χ4v) is 7.12. The maximum Gasteiger partial charge on any atom is 0.231 e. The summed E-state index contributed by atoms with van der Waals surface area (Å²) in [6, 6.07) is 13.8. The average Bonchev–Trinajstić information content (AvgIpc) is 3.88. The number of fused-ring (bicyclic) bond motifs is 2. The third kappa shape index (κ3) is 10.2. The van der Waals surface area contributed by atoms with Crippen LogP contribution in [-0.2, 0) is 0 Å². The molecule has 11 rings (SSSR count). The molecule has 6 aliphatic rings. The molecular weight excluding hydrogens is 773 g/mol. The Hall–Kier alpha value is -6.32. The summed E-state index contributed by atoms with van der Waals surface area (Å²) < 4.78 is 21.4. The van der Waals surface area contributed by atoms with E-state index in [1.807, 2.05) is 68.8 Å². The summed E-state index contributed by atoms with van der Waals surface area (Å²) in [4.78, 5) is 26.8. The molecule has 4 saturated carbocycles. The second kappa shape index (κ2) is 18.5. The molecule has 0 unspecified atom stereocenters. The van der Waals surface area contributed by atoms with Gasteiger partial charge in [-0.15, -0.1) is 0 Å². The molecule has 2 aliphatic heterocycles.